The Kier molecular flexibility index (Phi) is 4.70. The standard InChI is InChI=1S/C16H18N2O4S/c1-12(2)13-8-10-14(11-9-13)17(3)23(21,22)16-7-5-4-6-15(16)18(19)20/h4-12H,1-3H3. The molecule has 6 nitrogen and oxygen atoms in total. The number of nitrogens with zero attached hydrogens (tertiary/aromatic N) is 2. The van der Waals surface area contributed by atoms with E-state index in [1.165, 1.54) is 31.3 Å². The van der Waals surface area contributed by atoms with Gasteiger partial charge in [-0.25, -0.2) is 8.42 Å². The van der Waals surface area contributed by atoms with E-state index in [4.69, 9.17) is 0 Å². The summed E-state index contributed by atoms with van der Waals surface area (Å²) in [6.07, 6.45) is 0. The molecule has 122 valence electrons. The lowest BCUT2D eigenvalue weighted by atomic mass is 10.0. The van der Waals surface area contributed by atoms with Crippen LogP contribution in [0.5, 0.6) is 0 Å². The van der Waals surface area contributed by atoms with Gasteiger partial charge in [-0.2, -0.15) is 0 Å². The smallest absolute Gasteiger partial charge is 0.269 e. The van der Waals surface area contributed by atoms with Crippen LogP contribution in [0.2, 0.25) is 0 Å². The molecule has 0 saturated heterocycles. The average Bonchev–Trinajstić information content (AvgIpc) is 2.54. The number of hydrogen-bond acceptors (Lipinski definition) is 4. The zero-order valence-corrected chi connectivity index (χ0v) is 13.9. The molecular formula is C16H18N2O4S. The Morgan fingerprint density at radius 1 is 1.04 bits per heavy atom. The van der Waals surface area contributed by atoms with Crippen molar-refractivity contribution < 1.29 is 13.3 Å². The van der Waals surface area contributed by atoms with Gasteiger partial charge >= 0.3 is 0 Å². The Morgan fingerprint density at radius 2 is 1.61 bits per heavy atom. The molecule has 0 fully saturated rings. The van der Waals surface area contributed by atoms with Crippen molar-refractivity contribution >= 4 is 21.4 Å². The second-order valence-electron chi connectivity index (χ2n) is 5.44. The van der Waals surface area contributed by atoms with Crippen LogP contribution < -0.4 is 4.31 Å². The van der Waals surface area contributed by atoms with Crippen LogP contribution in [0.3, 0.4) is 0 Å². The van der Waals surface area contributed by atoms with E-state index in [2.05, 4.69) is 0 Å². The summed E-state index contributed by atoms with van der Waals surface area (Å²) >= 11 is 0. The van der Waals surface area contributed by atoms with Crippen LogP contribution in [-0.4, -0.2) is 20.4 Å². The predicted molar refractivity (Wildman–Crippen MR) is 89.2 cm³/mol. The minimum Gasteiger partial charge on any atom is -0.269 e. The fourth-order valence-corrected chi connectivity index (χ4v) is 3.53. The van der Waals surface area contributed by atoms with E-state index >= 15 is 0 Å². The fourth-order valence-electron chi connectivity index (χ4n) is 2.18. The van der Waals surface area contributed by atoms with Gasteiger partial charge in [-0.15, -0.1) is 0 Å². The van der Waals surface area contributed by atoms with Crippen LogP contribution in [0.15, 0.2) is 53.4 Å². The molecule has 0 aliphatic rings. The number of anilines is 1. The molecule has 0 N–H and O–H groups in total. The first kappa shape index (κ1) is 17.0. The molecule has 23 heavy (non-hydrogen) atoms. The third kappa shape index (κ3) is 3.34. The first-order valence-corrected chi connectivity index (χ1v) is 8.51. The molecule has 2 rings (SSSR count). The quantitative estimate of drug-likeness (QED) is 0.618. The molecule has 0 amide bonds. The number of rotatable bonds is 5. The van der Waals surface area contributed by atoms with Gasteiger partial charge in [-0.1, -0.05) is 38.1 Å². The van der Waals surface area contributed by atoms with Gasteiger partial charge in [0.25, 0.3) is 15.7 Å². The van der Waals surface area contributed by atoms with E-state index in [0.717, 1.165) is 9.87 Å². The van der Waals surface area contributed by atoms with Gasteiger partial charge < -0.3 is 0 Å². The molecule has 0 aromatic heterocycles. The topological polar surface area (TPSA) is 80.5 Å². The monoisotopic (exact) mass is 334 g/mol. The van der Waals surface area contributed by atoms with Gasteiger partial charge in [0, 0.05) is 13.1 Å². The van der Waals surface area contributed by atoms with E-state index < -0.39 is 20.6 Å². The molecular weight excluding hydrogens is 316 g/mol. The number of nitro groups is 1. The molecule has 0 atom stereocenters. The summed E-state index contributed by atoms with van der Waals surface area (Å²) in [6.45, 7) is 4.09. The second-order valence-corrected chi connectivity index (χ2v) is 7.38. The highest BCUT2D eigenvalue weighted by molar-refractivity contribution is 7.93. The summed E-state index contributed by atoms with van der Waals surface area (Å²) in [6, 6.07) is 12.4. The van der Waals surface area contributed by atoms with Gasteiger partial charge in [0.2, 0.25) is 0 Å². The van der Waals surface area contributed by atoms with Crippen molar-refractivity contribution in [1.29, 1.82) is 0 Å². The first-order chi connectivity index (χ1) is 10.7. The maximum absolute atomic E-state index is 12.7. The highest BCUT2D eigenvalue weighted by atomic mass is 32.2. The molecule has 2 aromatic rings. The number of hydrogen-bond donors (Lipinski definition) is 0. The molecule has 0 bridgehead atoms. The van der Waals surface area contributed by atoms with E-state index in [1.807, 2.05) is 26.0 Å². The Hall–Kier alpha value is -2.41. The number of para-hydroxylation sites is 1. The third-order valence-electron chi connectivity index (χ3n) is 3.62. The SMILES string of the molecule is CC(C)c1ccc(N(C)S(=O)(=O)c2ccccc2[N+](=O)[O-])cc1. The molecule has 0 radical (unpaired) electrons. The summed E-state index contributed by atoms with van der Waals surface area (Å²) in [7, 11) is -2.62. The molecule has 2 aromatic carbocycles. The van der Waals surface area contributed by atoms with Crippen LogP contribution >= 0.6 is 0 Å². The predicted octanol–water partition coefficient (Wildman–Crippen LogP) is 3.54. The molecule has 0 saturated carbocycles. The van der Waals surface area contributed by atoms with Gasteiger partial charge in [0.05, 0.1) is 10.6 Å². The summed E-state index contributed by atoms with van der Waals surface area (Å²) in [5.74, 6) is 0.334. The minimum atomic E-state index is -4.01. The third-order valence-corrected chi connectivity index (χ3v) is 5.46. The fraction of sp³-hybridized carbons (Fsp3) is 0.250. The summed E-state index contributed by atoms with van der Waals surface area (Å²) in [5.41, 5.74) is 1.11. The summed E-state index contributed by atoms with van der Waals surface area (Å²) < 4.78 is 26.5. The molecule has 0 aliphatic heterocycles. The van der Waals surface area contributed by atoms with Crippen LogP contribution in [0.25, 0.3) is 0 Å². The number of sulfonamides is 1. The number of nitro benzene ring substituents is 1. The van der Waals surface area contributed by atoms with Crippen LogP contribution in [0, 0.1) is 10.1 Å². The lowest BCUT2D eigenvalue weighted by Gasteiger charge is -2.20. The van der Waals surface area contributed by atoms with Crippen molar-refractivity contribution in [3.8, 4) is 0 Å². The van der Waals surface area contributed by atoms with Crippen LogP contribution in [-0.2, 0) is 10.0 Å². The van der Waals surface area contributed by atoms with Crippen LogP contribution in [0.1, 0.15) is 25.3 Å². The van der Waals surface area contributed by atoms with Crippen molar-refractivity contribution in [1.82, 2.24) is 0 Å². The molecule has 7 heteroatoms. The minimum absolute atomic E-state index is 0.319. The average molecular weight is 334 g/mol. The lowest BCUT2D eigenvalue weighted by molar-refractivity contribution is -0.387. The van der Waals surface area contributed by atoms with E-state index in [0.29, 0.717) is 11.6 Å². The van der Waals surface area contributed by atoms with E-state index in [1.54, 1.807) is 12.1 Å². The maximum Gasteiger partial charge on any atom is 0.289 e. The Bertz CT molecular complexity index is 814. The van der Waals surface area contributed by atoms with Crippen LogP contribution in [0.4, 0.5) is 11.4 Å². The second kappa shape index (κ2) is 6.37. The largest absolute Gasteiger partial charge is 0.289 e. The van der Waals surface area contributed by atoms with Gasteiger partial charge in [0.1, 0.15) is 0 Å². The zero-order chi connectivity index (χ0) is 17.2. The maximum atomic E-state index is 12.7. The Morgan fingerprint density at radius 3 is 2.13 bits per heavy atom. The molecule has 0 unspecified atom stereocenters. The highest BCUT2D eigenvalue weighted by Crippen LogP contribution is 2.29. The first-order valence-electron chi connectivity index (χ1n) is 7.07. The van der Waals surface area contributed by atoms with Crippen molar-refractivity contribution in [3.63, 3.8) is 0 Å². The molecule has 0 heterocycles. The Balaban J connectivity index is 2.45. The van der Waals surface area contributed by atoms with Crippen molar-refractivity contribution in [2.45, 2.75) is 24.7 Å². The van der Waals surface area contributed by atoms with Gasteiger partial charge in [0.15, 0.2) is 4.90 Å². The molecule has 0 aliphatic carbocycles. The van der Waals surface area contributed by atoms with Gasteiger partial charge in [-0.3, -0.25) is 14.4 Å². The highest BCUT2D eigenvalue weighted by Gasteiger charge is 2.29. The summed E-state index contributed by atoms with van der Waals surface area (Å²) in [4.78, 5) is 10.1. The number of benzene rings is 2. The van der Waals surface area contributed by atoms with Crippen molar-refractivity contribution in [2.24, 2.45) is 0 Å². The van der Waals surface area contributed by atoms with Gasteiger partial charge in [-0.05, 0) is 29.7 Å². The lowest BCUT2D eigenvalue weighted by Crippen LogP contribution is -2.27. The van der Waals surface area contributed by atoms with Crippen molar-refractivity contribution in [3.05, 3.63) is 64.2 Å². The Labute approximate surface area is 135 Å². The van der Waals surface area contributed by atoms with E-state index in [-0.39, 0.29) is 4.90 Å². The van der Waals surface area contributed by atoms with E-state index in [9.17, 15) is 18.5 Å². The normalized spacial score (nSPS) is 11.5. The molecule has 0 spiro atoms. The summed E-state index contributed by atoms with van der Waals surface area (Å²) in [5, 5.41) is 11.1. The van der Waals surface area contributed by atoms with Crippen molar-refractivity contribution in [2.75, 3.05) is 11.4 Å². The zero-order valence-electron chi connectivity index (χ0n) is 13.1.